The number of carbonyl (C=O) groups is 1. The molecule has 4 rings (SSSR count). The van der Waals surface area contributed by atoms with Crippen LogP contribution in [-0.2, 0) is 4.79 Å². The molecule has 0 N–H and O–H groups in total. The third-order valence-corrected chi connectivity index (χ3v) is 5.25. The number of fused-ring (bicyclic) bond motifs is 1. The van der Waals surface area contributed by atoms with Crippen molar-refractivity contribution in [2.75, 3.05) is 24.5 Å². The standard InChI is InChI=1S/C19H24N4O/c24-19(22-11-5-1-2-6-12-22)17-10-7-13-23(17)18-15-8-3-4-9-16(15)20-14-21-18/h3-4,8-9,14,17H,1-2,5-7,10-13H2. The lowest BCUT2D eigenvalue weighted by molar-refractivity contribution is -0.132. The van der Waals surface area contributed by atoms with Crippen LogP contribution in [0.4, 0.5) is 5.82 Å². The lowest BCUT2D eigenvalue weighted by Gasteiger charge is -2.30. The van der Waals surface area contributed by atoms with Crippen LogP contribution in [0.3, 0.4) is 0 Å². The minimum atomic E-state index is -0.0681. The summed E-state index contributed by atoms with van der Waals surface area (Å²) >= 11 is 0. The molecule has 2 aliphatic rings. The van der Waals surface area contributed by atoms with Gasteiger partial charge in [-0.15, -0.1) is 0 Å². The summed E-state index contributed by atoms with van der Waals surface area (Å²) in [5.41, 5.74) is 0.940. The van der Waals surface area contributed by atoms with Crippen LogP contribution in [0.1, 0.15) is 38.5 Å². The summed E-state index contributed by atoms with van der Waals surface area (Å²) in [7, 11) is 0. The molecule has 0 radical (unpaired) electrons. The van der Waals surface area contributed by atoms with Gasteiger partial charge in [-0.2, -0.15) is 0 Å². The molecule has 5 nitrogen and oxygen atoms in total. The first kappa shape index (κ1) is 15.4. The first-order chi connectivity index (χ1) is 11.8. The number of carbonyl (C=O) groups excluding carboxylic acids is 1. The van der Waals surface area contributed by atoms with Gasteiger partial charge in [0.15, 0.2) is 0 Å². The lowest BCUT2D eigenvalue weighted by Crippen LogP contribution is -2.46. The Morgan fingerprint density at radius 1 is 0.958 bits per heavy atom. The number of benzene rings is 1. The van der Waals surface area contributed by atoms with Crippen LogP contribution in [0.15, 0.2) is 30.6 Å². The number of aromatic nitrogens is 2. The predicted octanol–water partition coefficient (Wildman–Crippen LogP) is 3.00. The molecule has 5 heteroatoms. The van der Waals surface area contributed by atoms with E-state index in [2.05, 4.69) is 25.8 Å². The molecule has 0 spiro atoms. The number of para-hydroxylation sites is 1. The normalized spacial score (nSPS) is 21.9. The van der Waals surface area contributed by atoms with Gasteiger partial charge in [-0.25, -0.2) is 9.97 Å². The molecule has 24 heavy (non-hydrogen) atoms. The summed E-state index contributed by atoms with van der Waals surface area (Å²) in [5, 5.41) is 1.04. The van der Waals surface area contributed by atoms with E-state index < -0.39 is 0 Å². The van der Waals surface area contributed by atoms with E-state index in [1.165, 1.54) is 12.8 Å². The van der Waals surface area contributed by atoms with Crippen molar-refractivity contribution in [3.8, 4) is 0 Å². The Morgan fingerprint density at radius 3 is 2.58 bits per heavy atom. The molecule has 1 aromatic carbocycles. The van der Waals surface area contributed by atoms with Gasteiger partial charge in [-0.3, -0.25) is 4.79 Å². The summed E-state index contributed by atoms with van der Waals surface area (Å²) < 4.78 is 0. The number of hydrogen-bond acceptors (Lipinski definition) is 4. The Balaban J connectivity index is 1.63. The van der Waals surface area contributed by atoms with Gasteiger partial charge in [0.2, 0.25) is 5.91 Å². The van der Waals surface area contributed by atoms with Crippen molar-refractivity contribution in [3.63, 3.8) is 0 Å². The maximum absolute atomic E-state index is 13.1. The second kappa shape index (κ2) is 6.75. The zero-order chi connectivity index (χ0) is 16.4. The molecule has 1 unspecified atom stereocenters. The van der Waals surface area contributed by atoms with Crippen LogP contribution >= 0.6 is 0 Å². The summed E-state index contributed by atoms with van der Waals surface area (Å²) in [6.07, 6.45) is 8.34. The Kier molecular flexibility index (Phi) is 4.32. The minimum Gasteiger partial charge on any atom is -0.344 e. The number of rotatable bonds is 2. The van der Waals surface area contributed by atoms with Crippen LogP contribution in [0.25, 0.3) is 10.9 Å². The van der Waals surface area contributed by atoms with Gasteiger partial charge in [0.1, 0.15) is 18.2 Å². The molecule has 2 saturated heterocycles. The van der Waals surface area contributed by atoms with E-state index in [0.717, 1.165) is 62.0 Å². The Morgan fingerprint density at radius 2 is 1.75 bits per heavy atom. The predicted molar refractivity (Wildman–Crippen MR) is 95.0 cm³/mol. The molecule has 1 atom stereocenters. The number of hydrogen-bond donors (Lipinski definition) is 0. The maximum Gasteiger partial charge on any atom is 0.245 e. The van der Waals surface area contributed by atoms with Crippen molar-refractivity contribution in [2.45, 2.75) is 44.6 Å². The Bertz CT molecular complexity index is 719. The highest BCUT2D eigenvalue weighted by Gasteiger charge is 2.35. The number of likely N-dealkylation sites (tertiary alicyclic amines) is 1. The molecule has 0 saturated carbocycles. The number of anilines is 1. The van der Waals surface area contributed by atoms with E-state index in [1.807, 2.05) is 18.2 Å². The highest BCUT2D eigenvalue weighted by Crippen LogP contribution is 2.30. The first-order valence-corrected chi connectivity index (χ1v) is 9.10. The summed E-state index contributed by atoms with van der Waals surface area (Å²) in [6, 6.07) is 7.99. The van der Waals surface area contributed by atoms with Gasteiger partial charge < -0.3 is 9.80 Å². The van der Waals surface area contributed by atoms with Gasteiger partial charge in [-0.1, -0.05) is 25.0 Å². The molecule has 2 aromatic rings. The highest BCUT2D eigenvalue weighted by molar-refractivity contribution is 5.93. The molecule has 1 aromatic heterocycles. The van der Waals surface area contributed by atoms with Gasteiger partial charge in [0.05, 0.1) is 5.52 Å². The summed E-state index contributed by atoms with van der Waals surface area (Å²) in [4.78, 5) is 26.3. The van der Waals surface area contributed by atoms with Crippen LogP contribution in [-0.4, -0.2) is 46.5 Å². The van der Waals surface area contributed by atoms with E-state index in [1.54, 1.807) is 6.33 Å². The Hall–Kier alpha value is -2.17. The smallest absolute Gasteiger partial charge is 0.245 e. The molecule has 126 valence electrons. The average molecular weight is 324 g/mol. The van der Waals surface area contributed by atoms with Crippen LogP contribution in [0.5, 0.6) is 0 Å². The fourth-order valence-electron chi connectivity index (χ4n) is 4.00. The van der Waals surface area contributed by atoms with Crippen molar-refractivity contribution in [1.82, 2.24) is 14.9 Å². The second-order valence-electron chi connectivity index (χ2n) is 6.81. The third-order valence-electron chi connectivity index (χ3n) is 5.25. The minimum absolute atomic E-state index is 0.0681. The van der Waals surface area contributed by atoms with Gasteiger partial charge in [0.25, 0.3) is 0 Å². The monoisotopic (exact) mass is 324 g/mol. The number of nitrogens with zero attached hydrogens (tertiary/aromatic N) is 4. The molecule has 0 bridgehead atoms. The highest BCUT2D eigenvalue weighted by atomic mass is 16.2. The SMILES string of the molecule is O=C(C1CCCN1c1ncnc2ccccc12)N1CCCCCC1. The largest absolute Gasteiger partial charge is 0.344 e. The van der Waals surface area contributed by atoms with Crippen molar-refractivity contribution in [1.29, 1.82) is 0 Å². The average Bonchev–Trinajstić information content (AvgIpc) is 2.95. The number of amides is 1. The van der Waals surface area contributed by atoms with Gasteiger partial charge in [0, 0.05) is 25.0 Å². The molecule has 0 aliphatic carbocycles. The van der Waals surface area contributed by atoms with E-state index in [9.17, 15) is 4.79 Å². The quantitative estimate of drug-likeness (QED) is 0.852. The lowest BCUT2D eigenvalue weighted by atomic mass is 10.1. The molecular weight excluding hydrogens is 300 g/mol. The first-order valence-electron chi connectivity index (χ1n) is 9.10. The van der Waals surface area contributed by atoms with E-state index >= 15 is 0 Å². The van der Waals surface area contributed by atoms with Crippen molar-refractivity contribution in [3.05, 3.63) is 30.6 Å². The summed E-state index contributed by atoms with van der Waals surface area (Å²) in [5.74, 6) is 1.20. The van der Waals surface area contributed by atoms with Gasteiger partial charge >= 0.3 is 0 Å². The van der Waals surface area contributed by atoms with Crippen molar-refractivity contribution < 1.29 is 4.79 Å². The molecule has 2 fully saturated rings. The Labute approximate surface area is 142 Å². The topological polar surface area (TPSA) is 49.3 Å². The van der Waals surface area contributed by atoms with E-state index in [0.29, 0.717) is 0 Å². The zero-order valence-corrected chi connectivity index (χ0v) is 14.0. The van der Waals surface area contributed by atoms with Crippen molar-refractivity contribution in [2.24, 2.45) is 0 Å². The zero-order valence-electron chi connectivity index (χ0n) is 14.0. The van der Waals surface area contributed by atoms with Gasteiger partial charge in [-0.05, 0) is 37.8 Å². The van der Waals surface area contributed by atoms with E-state index in [-0.39, 0.29) is 11.9 Å². The fourth-order valence-corrected chi connectivity index (χ4v) is 4.00. The second-order valence-corrected chi connectivity index (χ2v) is 6.81. The third kappa shape index (κ3) is 2.83. The maximum atomic E-state index is 13.1. The van der Waals surface area contributed by atoms with Crippen LogP contribution < -0.4 is 4.90 Å². The van der Waals surface area contributed by atoms with E-state index in [4.69, 9.17) is 0 Å². The molecule has 2 aliphatic heterocycles. The molecule has 1 amide bonds. The summed E-state index contributed by atoms with van der Waals surface area (Å²) in [6.45, 7) is 2.71. The van der Waals surface area contributed by atoms with Crippen LogP contribution in [0.2, 0.25) is 0 Å². The van der Waals surface area contributed by atoms with Crippen molar-refractivity contribution >= 4 is 22.6 Å². The fraction of sp³-hybridized carbons (Fsp3) is 0.526. The van der Waals surface area contributed by atoms with Crippen LogP contribution in [0, 0.1) is 0 Å². The molecular formula is C19H24N4O. The molecule has 3 heterocycles.